The normalized spacial score (nSPS) is 12.5. The highest BCUT2D eigenvalue weighted by Crippen LogP contribution is 2.17. The molecule has 0 aliphatic carbocycles. The van der Waals surface area contributed by atoms with Crippen molar-refractivity contribution in [1.82, 2.24) is 5.32 Å². The van der Waals surface area contributed by atoms with Crippen molar-refractivity contribution in [2.45, 2.75) is 19.9 Å². The van der Waals surface area contributed by atoms with E-state index in [2.05, 4.69) is 11.9 Å². The Kier molecular flexibility index (Phi) is 3.84. The Labute approximate surface area is 84.6 Å². The van der Waals surface area contributed by atoms with Gasteiger partial charge in [-0.25, -0.2) is 4.39 Å². The molecule has 1 aromatic carbocycles. The largest absolute Gasteiger partial charge is 0.307 e. The molecule has 76 valence electrons. The molecular formula is C12H16FN. The average Bonchev–Trinajstić information content (AvgIpc) is 2.12. The van der Waals surface area contributed by atoms with Crippen LogP contribution in [-0.2, 0) is 0 Å². The van der Waals surface area contributed by atoms with E-state index in [1.165, 1.54) is 6.07 Å². The van der Waals surface area contributed by atoms with Gasteiger partial charge < -0.3 is 5.32 Å². The van der Waals surface area contributed by atoms with Crippen LogP contribution >= 0.6 is 0 Å². The Hall–Kier alpha value is -1.15. The molecule has 0 aliphatic heterocycles. The summed E-state index contributed by atoms with van der Waals surface area (Å²) in [7, 11) is 0. The quantitative estimate of drug-likeness (QED) is 0.725. The lowest BCUT2D eigenvalue weighted by Gasteiger charge is -2.14. The molecule has 0 bridgehead atoms. The number of likely N-dealkylation sites (N-methyl/N-ethyl adjacent to an activating group) is 1. The van der Waals surface area contributed by atoms with Crippen molar-refractivity contribution < 1.29 is 4.39 Å². The summed E-state index contributed by atoms with van der Waals surface area (Å²) in [6.45, 7) is 8.47. The Morgan fingerprint density at radius 1 is 1.50 bits per heavy atom. The van der Waals surface area contributed by atoms with Gasteiger partial charge in [0, 0.05) is 0 Å². The molecule has 1 aromatic rings. The Bertz CT molecular complexity index is 300. The first-order valence-corrected chi connectivity index (χ1v) is 4.80. The first-order chi connectivity index (χ1) is 6.67. The van der Waals surface area contributed by atoms with Crippen LogP contribution in [-0.4, -0.2) is 6.54 Å². The molecule has 1 atom stereocenters. The molecule has 1 rings (SSSR count). The third-order valence-electron chi connectivity index (χ3n) is 2.08. The van der Waals surface area contributed by atoms with Crippen LogP contribution in [0.15, 0.2) is 30.9 Å². The fourth-order valence-electron chi connectivity index (χ4n) is 1.50. The number of halogens is 1. The van der Waals surface area contributed by atoms with Crippen molar-refractivity contribution >= 4 is 0 Å². The molecule has 2 heteroatoms. The molecule has 0 amide bonds. The summed E-state index contributed by atoms with van der Waals surface area (Å²) in [5.74, 6) is -0.190. The van der Waals surface area contributed by atoms with Gasteiger partial charge in [0.25, 0.3) is 0 Å². The number of rotatable bonds is 4. The molecule has 0 aromatic heterocycles. The molecule has 0 saturated carbocycles. The third kappa shape index (κ3) is 2.67. The zero-order chi connectivity index (χ0) is 10.6. The van der Waals surface area contributed by atoms with E-state index in [1.54, 1.807) is 12.1 Å². The van der Waals surface area contributed by atoms with E-state index < -0.39 is 0 Å². The second kappa shape index (κ2) is 4.91. The van der Waals surface area contributed by atoms with Gasteiger partial charge in [-0.15, -0.1) is 6.58 Å². The summed E-state index contributed by atoms with van der Waals surface area (Å²) in [5, 5.41) is 3.22. The fraction of sp³-hybridized carbons (Fsp3) is 0.333. The lowest BCUT2D eigenvalue weighted by atomic mass is 10.0. The Morgan fingerprint density at radius 3 is 2.71 bits per heavy atom. The van der Waals surface area contributed by atoms with E-state index in [-0.39, 0.29) is 11.9 Å². The highest BCUT2D eigenvalue weighted by molar-refractivity contribution is 5.28. The monoisotopic (exact) mass is 193 g/mol. The number of nitrogens with one attached hydrogen (secondary N) is 1. The van der Waals surface area contributed by atoms with Crippen molar-refractivity contribution in [3.8, 4) is 0 Å². The first kappa shape index (κ1) is 10.9. The second-order valence-electron chi connectivity index (χ2n) is 3.33. The fourth-order valence-corrected chi connectivity index (χ4v) is 1.50. The summed E-state index contributed by atoms with van der Waals surface area (Å²) in [4.78, 5) is 0. The molecule has 0 heterocycles. The molecule has 1 unspecified atom stereocenters. The zero-order valence-electron chi connectivity index (χ0n) is 8.68. The Balaban J connectivity index is 2.97. The summed E-state index contributed by atoms with van der Waals surface area (Å²) >= 11 is 0. The van der Waals surface area contributed by atoms with E-state index in [1.807, 2.05) is 19.9 Å². The van der Waals surface area contributed by atoms with Crippen LogP contribution in [0, 0.1) is 12.7 Å². The third-order valence-corrected chi connectivity index (χ3v) is 2.08. The summed E-state index contributed by atoms with van der Waals surface area (Å²) in [6.07, 6.45) is 1.79. The average molecular weight is 193 g/mol. The molecule has 0 radical (unpaired) electrons. The maximum Gasteiger partial charge on any atom is 0.123 e. The van der Waals surface area contributed by atoms with Gasteiger partial charge in [0.1, 0.15) is 5.82 Å². The van der Waals surface area contributed by atoms with E-state index in [0.717, 1.165) is 17.7 Å². The smallest absolute Gasteiger partial charge is 0.123 e. The maximum atomic E-state index is 13.1. The minimum atomic E-state index is -0.190. The number of hydrogen-bond donors (Lipinski definition) is 1. The lowest BCUT2D eigenvalue weighted by molar-refractivity contribution is 0.609. The van der Waals surface area contributed by atoms with Gasteiger partial charge in [0.05, 0.1) is 6.04 Å². The van der Waals surface area contributed by atoms with Crippen LogP contribution in [0.4, 0.5) is 4.39 Å². The Morgan fingerprint density at radius 2 is 2.21 bits per heavy atom. The zero-order valence-corrected chi connectivity index (χ0v) is 8.68. The van der Waals surface area contributed by atoms with Crippen LogP contribution in [0.2, 0.25) is 0 Å². The minimum absolute atomic E-state index is 0.0365. The number of benzene rings is 1. The molecule has 0 aliphatic rings. The van der Waals surface area contributed by atoms with Crippen molar-refractivity contribution in [1.29, 1.82) is 0 Å². The molecular weight excluding hydrogens is 177 g/mol. The van der Waals surface area contributed by atoms with Crippen molar-refractivity contribution in [2.75, 3.05) is 6.54 Å². The maximum absolute atomic E-state index is 13.1. The van der Waals surface area contributed by atoms with Gasteiger partial charge in [-0.1, -0.05) is 19.1 Å². The predicted octanol–water partition coefficient (Wildman–Crippen LogP) is 2.97. The van der Waals surface area contributed by atoms with Gasteiger partial charge in [-0.3, -0.25) is 0 Å². The van der Waals surface area contributed by atoms with Crippen molar-refractivity contribution in [3.63, 3.8) is 0 Å². The van der Waals surface area contributed by atoms with E-state index in [4.69, 9.17) is 0 Å². The van der Waals surface area contributed by atoms with Crippen LogP contribution in [0.25, 0.3) is 0 Å². The highest BCUT2D eigenvalue weighted by Gasteiger charge is 2.07. The van der Waals surface area contributed by atoms with Gasteiger partial charge in [-0.05, 0) is 36.7 Å². The molecule has 0 saturated heterocycles. The predicted molar refractivity (Wildman–Crippen MR) is 57.8 cm³/mol. The van der Waals surface area contributed by atoms with E-state index in [0.29, 0.717) is 0 Å². The topological polar surface area (TPSA) is 12.0 Å². The van der Waals surface area contributed by atoms with Crippen LogP contribution in [0.5, 0.6) is 0 Å². The lowest BCUT2D eigenvalue weighted by Crippen LogP contribution is -2.18. The SMILES string of the molecule is C=CC(NCC)c1cc(C)cc(F)c1. The summed E-state index contributed by atoms with van der Waals surface area (Å²) < 4.78 is 13.1. The van der Waals surface area contributed by atoms with Gasteiger partial charge in [-0.2, -0.15) is 0 Å². The molecule has 1 nitrogen and oxygen atoms in total. The standard InChI is InChI=1S/C12H16FN/c1-4-12(14-5-2)10-6-9(3)7-11(13)8-10/h4,6-8,12,14H,1,5H2,2-3H3. The number of aryl methyl sites for hydroxylation is 1. The van der Waals surface area contributed by atoms with Gasteiger partial charge in [0.15, 0.2) is 0 Å². The van der Waals surface area contributed by atoms with E-state index in [9.17, 15) is 4.39 Å². The van der Waals surface area contributed by atoms with Crippen LogP contribution in [0.3, 0.4) is 0 Å². The van der Waals surface area contributed by atoms with Crippen LogP contribution in [0.1, 0.15) is 24.1 Å². The van der Waals surface area contributed by atoms with E-state index >= 15 is 0 Å². The molecule has 0 fully saturated rings. The minimum Gasteiger partial charge on any atom is -0.307 e. The summed E-state index contributed by atoms with van der Waals surface area (Å²) in [6, 6.07) is 5.07. The van der Waals surface area contributed by atoms with Gasteiger partial charge >= 0.3 is 0 Å². The van der Waals surface area contributed by atoms with Crippen LogP contribution < -0.4 is 5.32 Å². The number of hydrogen-bond acceptors (Lipinski definition) is 1. The molecule has 1 N–H and O–H groups in total. The summed E-state index contributed by atoms with van der Waals surface area (Å²) in [5.41, 5.74) is 1.86. The van der Waals surface area contributed by atoms with Crippen molar-refractivity contribution in [3.05, 3.63) is 47.8 Å². The van der Waals surface area contributed by atoms with Gasteiger partial charge in [0.2, 0.25) is 0 Å². The second-order valence-corrected chi connectivity index (χ2v) is 3.33. The van der Waals surface area contributed by atoms with Crippen molar-refractivity contribution in [2.24, 2.45) is 0 Å². The first-order valence-electron chi connectivity index (χ1n) is 4.80. The highest BCUT2D eigenvalue weighted by atomic mass is 19.1. The molecule has 14 heavy (non-hydrogen) atoms. The molecule has 0 spiro atoms.